The van der Waals surface area contributed by atoms with Crippen LogP contribution in [-0.2, 0) is 17.6 Å². The molecule has 0 bridgehead atoms. The maximum Gasteiger partial charge on any atom is 0.171 e. The number of ketones is 2. The minimum Gasteiger partial charge on any atom is -0.338 e. The van der Waals surface area contributed by atoms with Crippen molar-refractivity contribution in [1.82, 2.24) is 15.0 Å². The van der Waals surface area contributed by atoms with Crippen LogP contribution in [-0.4, -0.2) is 26.5 Å². The maximum atomic E-state index is 15.4. The Hall–Kier alpha value is -3.71. The Morgan fingerprint density at radius 1 is 1.00 bits per heavy atom. The van der Waals surface area contributed by atoms with Crippen molar-refractivity contribution in [2.24, 2.45) is 5.41 Å². The SMILES string of the molecule is Cc1ccc(Nc2ncnc3c(CC(=O)c4c(Cl)ccc(CCC(=O)C(C)(C)C)c4F)cccc23)cn1. The fraction of sp³-hybridized carbons (Fsp3) is 0.276. The van der Waals surface area contributed by atoms with Gasteiger partial charge in [0.1, 0.15) is 23.7 Å². The smallest absolute Gasteiger partial charge is 0.171 e. The molecule has 37 heavy (non-hydrogen) atoms. The summed E-state index contributed by atoms with van der Waals surface area (Å²) in [6.45, 7) is 7.39. The van der Waals surface area contributed by atoms with E-state index in [0.717, 1.165) is 16.8 Å². The lowest BCUT2D eigenvalue weighted by Crippen LogP contribution is -2.20. The quantitative estimate of drug-likeness (QED) is 0.257. The van der Waals surface area contributed by atoms with Gasteiger partial charge in [0.2, 0.25) is 0 Å². The summed E-state index contributed by atoms with van der Waals surface area (Å²) in [6.07, 6.45) is 3.41. The predicted molar refractivity (Wildman–Crippen MR) is 144 cm³/mol. The van der Waals surface area contributed by atoms with Gasteiger partial charge in [0.25, 0.3) is 0 Å². The fourth-order valence-corrected chi connectivity index (χ4v) is 4.25. The van der Waals surface area contributed by atoms with E-state index in [9.17, 15) is 9.59 Å². The Balaban J connectivity index is 1.61. The van der Waals surface area contributed by atoms with Gasteiger partial charge in [-0.05, 0) is 48.7 Å². The van der Waals surface area contributed by atoms with Crippen LogP contribution in [0.15, 0.2) is 55.0 Å². The van der Waals surface area contributed by atoms with Crippen LogP contribution < -0.4 is 5.32 Å². The second-order valence-electron chi connectivity index (χ2n) is 10.0. The largest absolute Gasteiger partial charge is 0.338 e. The molecular weight excluding hydrogens is 491 g/mol. The molecule has 2 heterocycles. The highest BCUT2D eigenvalue weighted by molar-refractivity contribution is 6.34. The van der Waals surface area contributed by atoms with Gasteiger partial charge in [-0.25, -0.2) is 14.4 Å². The van der Waals surface area contributed by atoms with E-state index in [1.165, 1.54) is 18.5 Å². The number of halogens is 2. The molecule has 6 nitrogen and oxygen atoms in total. The topological polar surface area (TPSA) is 84.8 Å². The Labute approximate surface area is 220 Å². The molecule has 0 radical (unpaired) electrons. The number of aryl methyl sites for hydroxylation is 2. The first-order valence-electron chi connectivity index (χ1n) is 12.0. The van der Waals surface area contributed by atoms with E-state index in [1.54, 1.807) is 18.3 Å². The van der Waals surface area contributed by atoms with E-state index in [0.29, 0.717) is 22.5 Å². The molecule has 0 saturated carbocycles. The lowest BCUT2D eigenvalue weighted by Gasteiger charge is -2.17. The number of para-hydroxylation sites is 1. The van der Waals surface area contributed by atoms with Crippen molar-refractivity contribution in [3.8, 4) is 0 Å². The Bertz CT molecular complexity index is 1480. The van der Waals surface area contributed by atoms with Crippen molar-refractivity contribution >= 4 is 45.6 Å². The van der Waals surface area contributed by atoms with Crippen molar-refractivity contribution in [3.05, 3.63) is 88.2 Å². The molecule has 0 aliphatic carbocycles. The van der Waals surface area contributed by atoms with Gasteiger partial charge >= 0.3 is 0 Å². The number of fused-ring (bicyclic) bond motifs is 1. The fourth-order valence-electron chi connectivity index (χ4n) is 4.00. The molecule has 0 spiro atoms. The average molecular weight is 519 g/mol. The molecule has 0 amide bonds. The first kappa shape index (κ1) is 26.4. The van der Waals surface area contributed by atoms with Crippen LogP contribution in [0, 0.1) is 18.2 Å². The zero-order valence-electron chi connectivity index (χ0n) is 21.2. The molecule has 0 saturated heterocycles. The van der Waals surface area contributed by atoms with E-state index in [2.05, 4.69) is 20.3 Å². The number of nitrogens with zero attached hydrogens (tertiary/aromatic N) is 3. The van der Waals surface area contributed by atoms with Gasteiger partial charge in [0.05, 0.1) is 28.0 Å². The zero-order valence-corrected chi connectivity index (χ0v) is 22.0. The van der Waals surface area contributed by atoms with E-state index in [-0.39, 0.29) is 35.6 Å². The molecule has 0 unspecified atom stereocenters. The lowest BCUT2D eigenvalue weighted by molar-refractivity contribution is -0.126. The maximum absolute atomic E-state index is 15.4. The second-order valence-corrected chi connectivity index (χ2v) is 10.4. The molecule has 4 aromatic rings. The van der Waals surface area contributed by atoms with Gasteiger partial charge in [-0.3, -0.25) is 14.6 Å². The normalized spacial score (nSPS) is 11.5. The number of carbonyl (C=O) groups is 2. The third kappa shape index (κ3) is 6.00. The van der Waals surface area contributed by atoms with E-state index in [4.69, 9.17) is 11.6 Å². The van der Waals surface area contributed by atoms with Crippen LogP contribution in [0.2, 0.25) is 5.02 Å². The number of rotatable bonds is 8. The van der Waals surface area contributed by atoms with Gasteiger partial charge < -0.3 is 5.32 Å². The molecule has 4 rings (SSSR count). The Morgan fingerprint density at radius 3 is 2.49 bits per heavy atom. The number of hydrogen-bond acceptors (Lipinski definition) is 6. The molecule has 1 N–H and O–H groups in total. The second kappa shape index (κ2) is 10.7. The third-order valence-electron chi connectivity index (χ3n) is 6.18. The Kier molecular flexibility index (Phi) is 7.64. The summed E-state index contributed by atoms with van der Waals surface area (Å²) in [5, 5.41) is 3.99. The molecule has 0 aliphatic heterocycles. The molecular formula is C29H28ClFN4O2. The molecule has 0 atom stereocenters. The summed E-state index contributed by atoms with van der Waals surface area (Å²) >= 11 is 6.27. The van der Waals surface area contributed by atoms with Gasteiger partial charge in [-0.1, -0.05) is 50.6 Å². The van der Waals surface area contributed by atoms with Crippen LogP contribution >= 0.6 is 11.6 Å². The van der Waals surface area contributed by atoms with Crippen molar-refractivity contribution < 1.29 is 14.0 Å². The van der Waals surface area contributed by atoms with Crippen LogP contribution in [0.1, 0.15) is 54.4 Å². The summed E-state index contributed by atoms with van der Waals surface area (Å²) < 4.78 is 15.4. The first-order chi connectivity index (χ1) is 17.5. The van der Waals surface area contributed by atoms with Gasteiger partial charge in [-0.2, -0.15) is 0 Å². The molecule has 8 heteroatoms. The summed E-state index contributed by atoms with van der Waals surface area (Å²) in [4.78, 5) is 38.7. The highest BCUT2D eigenvalue weighted by atomic mass is 35.5. The Morgan fingerprint density at radius 2 is 1.78 bits per heavy atom. The molecule has 190 valence electrons. The number of Topliss-reactive ketones (excluding diaryl/α,β-unsaturated/α-hetero) is 2. The van der Waals surface area contributed by atoms with Crippen molar-refractivity contribution in [2.75, 3.05) is 5.32 Å². The van der Waals surface area contributed by atoms with Crippen molar-refractivity contribution in [1.29, 1.82) is 0 Å². The predicted octanol–water partition coefficient (Wildman–Crippen LogP) is 6.84. The van der Waals surface area contributed by atoms with E-state index in [1.807, 2.05) is 45.9 Å². The number of aromatic nitrogens is 3. The molecule has 2 aromatic heterocycles. The highest BCUT2D eigenvalue weighted by Crippen LogP contribution is 2.29. The molecule has 2 aromatic carbocycles. The van der Waals surface area contributed by atoms with Gasteiger partial charge in [0, 0.05) is 29.3 Å². The van der Waals surface area contributed by atoms with Crippen molar-refractivity contribution in [3.63, 3.8) is 0 Å². The van der Waals surface area contributed by atoms with Crippen LogP contribution in [0.4, 0.5) is 15.9 Å². The highest BCUT2D eigenvalue weighted by Gasteiger charge is 2.24. The minimum atomic E-state index is -0.678. The summed E-state index contributed by atoms with van der Waals surface area (Å²) in [5.74, 6) is -0.547. The number of hydrogen-bond donors (Lipinski definition) is 1. The average Bonchev–Trinajstić information content (AvgIpc) is 2.85. The summed E-state index contributed by atoms with van der Waals surface area (Å²) in [6, 6.07) is 12.3. The number of anilines is 2. The van der Waals surface area contributed by atoms with Gasteiger partial charge in [0.15, 0.2) is 5.78 Å². The van der Waals surface area contributed by atoms with Crippen LogP contribution in [0.25, 0.3) is 10.9 Å². The third-order valence-corrected chi connectivity index (χ3v) is 6.50. The standard InChI is InChI=1S/C29H28ClFN4O2/c1-17-8-11-20(15-32-17)35-28-21-7-5-6-19(27(21)33-16-34-28)14-23(36)25-22(30)12-9-18(26(25)31)10-13-24(37)29(2,3)4/h5-9,11-12,15-16H,10,13-14H2,1-4H3,(H,33,34,35). The number of benzene rings is 2. The number of nitrogens with one attached hydrogen (secondary N) is 1. The number of pyridine rings is 1. The van der Waals surface area contributed by atoms with Gasteiger partial charge in [-0.15, -0.1) is 0 Å². The first-order valence-corrected chi connectivity index (χ1v) is 12.4. The zero-order chi connectivity index (χ0) is 26.7. The number of carbonyl (C=O) groups excluding carboxylic acids is 2. The molecule has 0 fully saturated rings. The van der Waals surface area contributed by atoms with Crippen molar-refractivity contribution in [2.45, 2.75) is 47.0 Å². The lowest BCUT2D eigenvalue weighted by atomic mass is 9.87. The summed E-state index contributed by atoms with van der Waals surface area (Å²) in [5.41, 5.74) is 2.48. The summed E-state index contributed by atoms with van der Waals surface area (Å²) in [7, 11) is 0. The minimum absolute atomic E-state index is 0.0241. The van der Waals surface area contributed by atoms with E-state index < -0.39 is 17.0 Å². The van der Waals surface area contributed by atoms with Crippen LogP contribution in [0.5, 0.6) is 0 Å². The molecule has 0 aliphatic rings. The van der Waals surface area contributed by atoms with E-state index >= 15 is 4.39 Å². The monoisotopic (exact) mass is 518 g/mol. The van der Waals surface area contributed by atoms with Crippen LogP contribution in [0.3, 0.4) is 0 Å².